The zero-order chi connectivity index (χ0) is 24.5. The number of methoxy groups -OCH3 is 3. The molecule has 4 aromatic rings. The van der Waals surface area contributed by atoms with E-state index < -0.39 is 0 Å². The SMILES string of the molecule is COc1cccc(-c2cnnc(-n3nc(C)c4c3NC(=O)C[C@H]4c3cc(OC)ccc3OC)n2)c1. The van der Waals surface area contributed by atoms with Gasteiger partial charge >= 0.3 is 0 Å². The van der Waals surface area contributed by atoms with Gasteiger partial charge in [-0.3, -0.25) is 4.79 Å². The smallest absolute Gasteiger partial charge is 0.272 e. The summed E-state index contributed by atoms with van der Waals surface area (Å²) < 4.78 is 17.9. The summed E-state index contributed by atoms with van der Waals surface area (Å²) in [6.45, 7) is 1.89. The molecule has 35 heavy (non-hydrogen) atoms. The van der Waals surface area contributed by atoms with Crippen LogP contribution >= 0.6 is 0 Å². The molecule has 178 valence electrons. The van der Waals surface area contributed by atoms with Crippen molar-refractivity contribution in [2.24, 2.45) is 0 Å². The summed E-state index contributed by atoms with van der Waals surface area (Å²) >= 11 is 0. The van der Waals surface area contributed by atoms with Crippen molar-refractivity contribution in [1.29, 1.82) is 0 Å². The summed E-state index contributed by atoms with van der Waals surface area (Å²) in [5.41, 5.74) is 3.87. The molecule has 1 aliphatic rings. The first-order valence-electron chi connectivity index (χ1n) is 11.0. The number of amides is 1. The van der Waals surface area contributed by atoms with Crippen molar-refractivity contribution < 1.29 is 19.0 Å². The largest absolute Gasteiger partial charge is 0.497 e. The Morgan fingerprint density at radius 3 is 2.60 bits per heavy atom. The number of aryl methyl sites for hydroxylation is 1. The molecule has 0 bridgehead atoms. The number of nitrogens with zero attached hydrogens (tertiary/aromatic N) is 5. The average molecular weight is 473 g/mol. The van der Waals surface area contributed by atoms with E-state index in [1.54, 1.807) is 27.5 Å². The molecule has 0 fully saturated rings. The Labute approximate surface area is 201 Å². The van der Waals surface area contributed by atoms with E-state index in [-0.39, 0.29) is 24.2 Å². The summed E-state index contributed by atoms with van der Waals surface area (Å²) in [6.07, 6.45) is 1.82. The van der Waals surface area contributed by atoms with E-state index in [1.807, 2.05) is 49.4 Å². The van der Waals surface area contributed by atoms with Crippen molar-refractivity contribution >= 4 is 11.7 Å². The summed E-state index contributed by atoms with van der Waals surface area (Å²) in [6, 6.07) is 13.1. The van der Waals surface area contributed by atoms with Gasteiger partial charge in [0.25, 0.3) is 5.95 Å². The van der Waals surface area contributed by atoms with Crippen molar-refractivity contribution in [3.63, 3.8) is 0 Å². The zero-order valence-electron chi connectivity index (χ0n) is 19.8. The molecule has 0 unspecified atom stereocenters. The monoisotopic (exact) mass is 472 g/mol. The van der Waals surface area contributed by atoms with E-state index in [4.69, 9.17) is 14.2 Å². The molecule has 0 radical (unpaired) electrons. The van der Waals surface area contributed by atoms with Crippen LogP contribution in [0.3, 0.4) is 0 Å². The minimum absolute atomic E-state index is 0.148. The van der Waals surface area contributed by atoms with Gasteiger partial charge in [0.1, 0.15) is 23.1 Å². The van der Waals surface area contributed by atoms with Crippen LogP contribution in [0.1, 0.15) is 29.2 Å². The molecule has 0 spiro atoms. The molecule has 1 aliphatic heterocycles. The molecule has 0 aliphatic carbocycles. The first-order chi connectivity index (χ1) is 17.0. The second-order valence-electron chi connectivity index (χ2n) is 8.05. The quantitative estimate of drug-likeness (QED) is 0.453. The van der Waals surface area contributed by atoms with Crippen LogP contribution in [0.25, 0.3) is 17.2 Å². The van der Waals surface area contributed by atoms with Crippen molar-refractivity contribution in [3.8, 4) is 34.5 Å². The highest BCUT2D eigenvalue weighted by Gasteiger charge is 2.35. The third-order valence-corrected chi connectivity index (χ3v) is 6.02. The predicted molar refractivity (Wildman–Crippen MR) is 128 cm³/mol. The number of fused-ring (bicyclic) bond motifs is 1. The molecule has 0 saturated carbocycles. The van der Waals surface area contributed by atoms with Crippen LogP contribution in [0.5, 0.6) is 17.2 Å². The van der Waals surface area contributed by atoms with Crippen molar-refractivity contribution in [1.82, 2.24) is 25.0 Å². The highest BCUT2D eigenvalue weighted by Crippen LogP contribution is 2.44. The molecule has 10 nitrogen and oxygen atoms in total. The normalized spacial score (nSPS) is 14.7. The van der Waals surface area contributed by atoms with E-state index in [0.29, 0.717) is 28.8 Å². The Balaban J connectivity index is 1.62. The standard InChI is InChI=1S/C25H24N6O4/c1-14-23-19(18-11-17(34-3)8-9-21(18)35-4)12-22(32)28-24(23)31(30-14)25-27-20(13-26-29-25)15-6-5-7-16(10-15)33-2/h5-11,13,19H,12H2,1-4H3,(H,28,32)/t19-/m0/s1. The van der Waals surface area contributed by atoms with Crippen LogP contribution in [0.2, 0.25) is 0 Å². The van der Waals surface area contributed by atoms with Crippen molar-refractivity contribution in [3.05, 3.63) is 65.5 Å². The van der Waals surface area contributed by atoms with Gasteiger partial charge in [-0.05, 0) is 37.3 Å². The highest BCUT2D eigenvalue weighted by atomic mass is 16.5. The van der Waals surface area contributed by atoms with Crippen LogP contribution in [-0.2, 0) is 4.79 Å². The van der Waals surface area contributed by atoms with Crippen molar-refractivity contribution in [2.45, 2.75) is 19.3 Å². The fourth-order valence-corrected chi connectivity index (χ4v) is 4.37. The second kappa shape index (κ2) is 9.05. The molecule has 3 heterocycles. The van der Waals surface area contributed by atoms with E-state index in [0.717, 1.165) is 22.4 Å². The van der Waals surface area contributed by atoms with Gasteiger partial charge in [0, 0.05) is 29.0 Å². The lowest BCUT2D eigenvalue weighted by molar-refractivity contribution is -0.116. The van der Waals surface area contributed by atoms with Gasteiger partial charge in [0.05, 0.1) is 38.9 Å². The maximum atomic E-state index is 12.8. The molecular formula is C25H24N6O4. The maximum Gasteiger partial charge on any atom is 0.272 e. The summed E-state index contributed by atoms with van der Waals surface area (Å²) in [5, 5.41) is 16.0. The molecule has 1 N–H and O–H groups in total. The van der Waals surface area contributed by atoms with E-state index in [2.05, 4.69) is 25.6 Å². The Hall–Kier alpha value is -4.47. The highest BCUT2D eigenvalue weighted by molar-refractivity contribution is 5.95. The van der Waals surface area contributed by atoms with Crippen LogP contribution in [0.15, 0.2) is 48.7 Å². The number of hydrogen-bond acceptors (Lipinski definition) is 8. The van der Waals surface area contributed by atoms with E-state index in [9.17, 15) is 4.79 Å². The summed E-state index contributed by atoms with van der Waals surface area (Å²) in [7, 11) is 4.82. The molecule has 2 aromatic heterocycles. The average Bonchev–Trinajstić information content (AvgIpc) is 3.23. The Kier molecular flexibility index (Phi) is 5.77. The fraction of sp³-hybridized carbons (Fsp3) is 0.240. The maximum absolute atomic E-state index is 12.8. The molecule has 2 aromatic carbocycles. The van der Waals surface area contributed by atoms with Gasteiger partial charge in [-0.15, -0.1) is 5.10 Å². The number of ether oxygens (including phenoxy) is 3. The van der Waals surface area contributed by atoms with Crippen molar-refractivity contribution in [2.75, 3.05) is 26.6 Å². The third-order valence-electron chi connectivity index (χ3n) is 6.02. The van der Waals surface area contributed by atoms with Gasteiger partial charge in [0.2, 0.25) is 5.91 Å². The molecule has 5 rings (SSSR count). The van der Waals surface area contributed by atoms with Crippen LogP contribution in [-0.4, -0.2) is 52.2 Å². The fourth-order valence-electron chi connectivity index (χ4n) is 4.37. The number of anilines is 1. The van der Waals surface area contributed by atoms with Crippen LogP contribution in [0, 0.1) is 6.92 Å². The Morgan fingerprint density at radius 1 is 1.03 bits per heavy atom. The molecule has 0 saturated heterocycles. The Morgan fingerprint density at radius 2 is 1.83 bits per heavy atom. The molecule has 10 heteroatoms. The number of hydrogen-bond donors (Lipinski definition) is 1. The van der Waals surface area contributed by atoms with Gasteiger partial charge in [0.15, 0.2) is 0 Å². The Bertz CT molecular complexity index is 1420. The second-order valence-corrected chi connectivity index (χ2v) is 8.05. The number of rotatable bonds is 6. The topological polar surface area (TPSA) is 113 Å². The lowest BCUT2D eigenvalue weighted by Gasteiger charge is -2.25. The van der Waals surface area contributed by atoms with Gasteiger partial charge in [-0.1, -0.05) is 12.1 Å². The lowest BCUT2D eigenvalue weighted by atomic mass is 9.85. The number of nitrogens with one attached hydrogen (secondary N) is 1. The molecular weight excluding hydrogens is 448 g/mol. The third kappa shape index (κ3) is 4.03. The minimum atomic E-state index is -0.285. The van der Waals surface area contributed by atoms with E-state index in [1.165, 1.54) is 4.68 Å². The predicted octanol–water partition coefficient (Wildman–Crippen LogP) is 3.53. The molecule has 1 atom stereocenters. The number of carbonyl (C=O) groups is 1. The zero-order valence-corrected chi connectivity index (χ0v) is 19.8. The lowest BCUT2D eigenvalue weighted by Crippen LogP contribution is -2.25. The van der Waals surface area contributed by atoms with Crippen LogP contribution in [0.4, 0.5) is 5.82 Å². The first kappa shape index (κ1) is 22.3. The van der Waals surface area contributed by atoms with Gasteiger partial charge in [-0.25, -0.2) is 4.98 Å². The van der Waals surface area contributed by atoms with Crippen LogP contribution < -0.4 is 19.5 Å². The van der Waals surface area contributed by atoms with Gasteiger partial charge < -0.3 is 19.5 Å². The summed E-state index contributed by atoms with van der Waals surface area (Å²) in [5.74, 6) is 2.37. The molecule has 1 amide bonds. The number of aromatic nitrogens is 5. The van der Waals surface area contributed by atoms with E-state index >= 15 is 0 Å². The van der Waals surface area contributed by atoms with Gasteiger partial charge in [-0.2, -0.15) is 14.9 Å². The summed E-state index contributed by atoms with van der Waals surface area (Å²) in [4.78, 5) is 17.5. The first-order valence-corrected chi connectivity index (χ1v) is 11.0. The number of benzene rings is 2. The minimum Gasteiger partial charge on any atom is -0.497 e. The number of carbonyl (C=O) groups excluding carboxylic acids is 1.